The predicted octanol–water partition coefficient (Wildman–Crippen LogP) is 2.58. The smallest absolute Gasteiger partial charge is 0.322 e. The summed E-state index contributed by atoms with van der Waals surface area (Å²) in [7, 11) is -2.69. The number of amides is 1. The number of anilines is 1. The third kappa shape index (κ3) is 5.65. The number of esters is 1. The van der Waals surface area contributed by atoms with Crippen molar-refractivity contribution in [2.24, 2.45) is 0 Å². The number of aromatic nitrogens is 1. The minimum absolute atomic E-state index is 0.0239. The maximum absolute atomic E-state index is 12.5. The summed E-state index contributed by atoms with van der Waals surface area (Å²) in [4.78, 5) is 28.0. The summed E-state index contributed by atoms with van der Waals surface area (Å²) < 4.78 is 30.7. The van der Waals surface area contributed by atoms with Crippen LogP contribution in [0, 0.1) is 0 Å². The summed E-state index contributed by atoms with van der Waals surface area (Å²) in [5, 5.41) is 2.95. The van der Waals surface area contributed by atoms with Gasteiger partial charge in [-0.25, -0.2) is 13.4 Å². The van der Waals surface area contributed by atoms with Crippen LogP contribution in [0.15, 0.2) is 47.5 Å². The number of hydrogen-bond acceptors (Lipinski definition) is 6. The second-order valence-electron chi connectivity index (χ2n) is 5.68. The molecule has 2 rings (SSSR count). The Kier molecular flexibility index (Phi) is 7.36. The fourth-order valence-electron chi connectivity index (χ4n) is 2.05. The van der Waals surface area contributed by atoms with Crippen LogP contribution in [0.5, 0.6) is 0 Å². The summed E-state index contributed by atoms with van der Waals surface area (Å²) >= 11 is 11.6. The number of carbonyl (C=O) groups is 2. The van der Waals surface area contributed by atoms with Crippen molar-refractivity contribution in [3.05, 3.63) is 52.8 Å². The Morgan fingerprint density at radius 3 is 2.46 bits per heavy atom. The van der Waals surface area contributed by atoms with Gasteiger partial charge in [0.15, 0.2) is 11.3 Å². The zero-order valence-corrected chi connectivity index (χ0v) is 17.3. The summed E-state index contributed by atoms with van der Waals surface area (Å²) in [5.41, 5.74) is 0.263. The Balaban J connectivity index is 1.95. The second-order valence-corrected chi connectivity index (χ2v) is 8.52. The lowest BCUT2D eigenvalue weighted by atomic mass is 10.3. The van der Waals surface area contributed by atoms with E-state index in [1.807, 2.05) is 0 Å². The molecule has 0 aliphatic heterocycles. The number of carbonyl (C=O) groups excluding carboxylic acids is 2. The van der Waals surface area contributed by atoms with Gasteiger partial charge < -0.3 is 10.1 Å². The molecule has 2 aromatic rings. The van der Waals surface area contributed by atoms with Crippen LogP contribution in [0.1, 0.15) is 6.92 Å². The van der Waals surface area contributed by atoms with Gasteiger partial charge in [-0.3, -0.25) is 9.59 Å². The molecule has 0 radical (unpaired) electrons. The average Bonchev–Trinajstić information content (AvgIpc) is 2.63. The number of sulfonamides is 1. The first kappa shape index (κ1) is 22.1. The van der Waals surface area contributed by atoms with Crippen LogP contribution < -0.4 is 5.32 Å². The maximum atomic E-state index is 12.5. The number of likely N-dealkylation sites (N-methyl/N-ethyl adjacent to an activating group) is 1. The van der Waals surface area contributed by atoms with Crippen LogP contribution in [0.2, 0.25) is 10.2 Å². The maximum Gasteiger partial charge on any atom is 0.322 e. The molecule has 11 heteroatoms. The number of rotatable bonds is 7. The fourth-order valence-corrected chi connectivity index (χ4v) is 3.46. The first-order valence-electron chi connectivity index (χ1n) is 7.94. The Bertz CT molecular complexity index is 967. The molecule has 0 spiro atoms. The van der Waals surface area contributed by atoms with Crippen molar-refractivity contribution >= 4 is 50.8 Å². The van der Waals surface area contributed by atoms with Gasteiger partial charge in [-0.15, -0.1) is 0 Å². The largest absolute Gasteiger partial charge is 0.452 e. The molecule has 1 unspecified atom stereocenters. The van der Waals surface area contributed by atoms with E-state index in [2.05, 4.69) is 10.3 Å². The Labute approximate surface area is 172 Å². The molecule has 1 aromatic carbocycles. The van der Waals surface area contributed by atoms with Crippen LogP contribution >= 0.6 is 23.2 Å². The van der Waals surface area contributed by atoms with E-state index in [1.165, 1.54) is 50.5 Å². The summed E-state index contributed by atoms with van der Waals surface area (Å²) in [6.45, 7) is 0.779. The normalized spacial score (nSPS) is 12.5. The summed E-state index contributed by atoms with van der Waals surface area (Å²) in [5.74, 6) is -1.52. The minimum atomic E-state index is -3.91. The topological polar surface area (TPSA) is 106 Å². The molecule has 150 valence electrons. The van der Waals surface area contributed by atoms with E-state index in [1.54, 1.807) is 6.07 Å². The molecule has 0 saturated carbocycles. The van der Waals surface area contributed by atoms with Crippen molar-refractivity contribution in [3.8, 4) is 0 Å². The molecular formula is C17H17Cl2N3O5S. The van der Waals surface area contributed by atoms with E-state index in [0.717, 1.165) is 4.31 Å². The van der Waals surface area contributed by atoms with Gasteiger partial charge in [-0.1, -0.05) is 23.2 Å². The third-order valence-corrected chi connectivity index (χ3v) is 5.94. The fraction of sp³-hybridized carbons (Fsp3) is 0.235. The van der Waals surface area contributed by atoms with Crippen molar-refractivity contribution in [2.45, 2.75) is 17.9 Å². The van der Waals surface area contributed by atoms with E-state index in [-0.39, 0.29) is 15.7 Å². The Hall–Kier alpha value is -2.20. The number of nitrogens with zero attached hydrogens (tertiary/aromatic N) is 2. The molecule has 1 atom stereocenters. The second kappa shape index (κ2) is 9.33. The Morgan fingerprint density at radius 2 is 1.86 bits per heavy atom. The van der Waals surface area contributed by atoms with Gasteiger partial charge in [0.2, 0.25) is 10.0 Å². The van der Waals surface area contributed by atoms with Crippen molar-refractivity contribution in [1.82, 2.24) is 9.29 Å². The summed E-state index contributed by atoms with van der Waals surface area (Å²) in [6, 6.07) is 8.62. The average molecular weight is 446 g/mol. The number of nitrogens with one attached hydrogen (secondary N) is 1. The van der Waals surface area contributed by atoms with Crippen molar-refractivity contribution < 1.29 is 22.7 Å². The van der Waals surface area contributed by atoms with Gasteiger partial charge in [-0.05, 0) is 43.3 Å². The van der Waals surface area contributed by atoms with E-state index in [0.29, 0.717) is 5.02 Å². The van der Waals surface area contributed by atoms with E-state index >= 15 is 0 Å². The minimum Gasteiger partial charge on any atom is -0.452 e. The van der Waals surface area contributed by atoms with Gasteiger partial charge in [0.1, 0.15) is 6.54 Å². The zero-order chi connectivity index (χ0) is 20.9. The molecule has 1 amide bonds. The molecule has 1 heterocycles. The van der Waals surface area contributed by atoms with Crippen molar-refractivity contribution in [1.29, 1.82) is 0 Å². The number of hydrogen-bond donors (Lipinski definition) is 1. The van der Waals surface area contributed by atoms with Gasteiger partial charge in [-0.2, -0.15) is 4.31 Å². The molecule has 0 aliphatic rings. The molecule has 8 nitrogen and oxygen atoms in total. The molecule has 0 saturated heterocycles. The molecule has 0 aliphatic carbocycles. The highest BCUT2D eigenvalue weighted by Crippen LogP contribution is 2.19. The first-order chi connectivity index (χ1) is 13.1. The standard InChI is InChI=1S/C17H17Cl2N3O5S/c1-11(17(24)21-14-4-3-9-20-16(14)19)27-15(23)10-22(2)28(25,26)13-7-5-12(18)6-8-13/h3-9,11H,10H2,1-2H3,(H,21,24). The van der Waals surface area contributed by atoms with Crippen molar-refractivity contribution in [3.63, 3.8) is 0 Å². The quantitative estimate of drug-likeness (QED) is 0.518. The lowest BCUT2D eigenvalue weighted by molar-refractivity contribution is -0.153. The van der Waals surface area contributed by atoms with E-state index in [9.17, 15) is 18.0 Å². The molecule has 1 N–H and O–H groups in total. The van der Waals surface area contributed by atoms with Crippen LogP contribution in [0.3, 0.4) is 0 Å². The lowest BCUT2D eigenvalue weighted by Crippen LogP contribution is -2.37. The molecule has 0 bridgehead atoms. The highest BCUT2D eigenvalue weighted by atomic mass is 35.5. The number of halogens is 2. The van der Waals surface area contributed by atoms with Gasteiger partial charge in [0, 0.05) is 18.3 Å². The lowest BCUT2D eigenvalue weighted by Gasteiger charge is -2.18. The van der Waals surface area contributed by atoms with E-state index in [4.69, 9.17) is 27.9 Å². The van der Waals surface area contributed by atoms with Crippen LogP contribution in [0.25, 0.3) is 0 Å². The van der Waals surface area contributed by atoms with Crippen molar-refractivity contribution in [2.75, 3.05) is 18.9 Å². The highest BCUT2D eigenvalue weighted by Gasteiger charge is 2.26. The zero-order valence-electron chi connectivity index (χ0n) is 14.9. The Morgan fingerprint density at radius 1 is 1.21 bits per heavy atom. The van der Waals surface area contributed by atoms with Gasteiger partial charge in [0.25, 0.3) is 5.91 Å². The predicted molar refractivity (Wildman–Crippen MR) is 105 cm³/mol. The van der Waals surface area contributed by atoms with Gasteiger partial charge >= 0.3 is 5.97 Å². The summed E-state index contributed by atoms with van der Waals surface area (Å²) in [6.07, 6.45) is 0.286. The number of ether oxygens (including phenoxy) is 1. The number of pyridine rings is 1. The first-order valence-corrected chi connectivity index (χ1v) is 10.1. The van der Waals surface area contributed by atoms with E-state index < -0.39 is 34.5 Å². The highest BCUT2D eigenvalue weighted by molar-refractivity contribution is 7.89. The van der Waals surface area contributed by atoms with Crippen LogP contribution in [-0.2, 0) is 24.3 Å². The molecule has 0 fully saturated rings. The monoisotopic (exact) mass is 445 g/mol. The SMILES string of the molecule is CC(OC(=O)CN(C)S(=O)(=O)c1ccc(Cl)cc1)C(=O)Nc1cccnc1Cl. The molecular weight excluding hydrogens is 429 g/mol. The van der Waals surface area contributed by atoms with Crippen LogP contribution in [-0.4, -0.2) is 49.3 Å². The number of benzene rings is 1. The van der Waals surface area contributed by atoms with Gasteiger partial charge in [0.05, 0.1) is 10.6 Å². The molecule has 1 aromatic heterocycles. The molecule has 28 heavy (non-hydrogen) atoms. The van der Waals surface area contributed by atoms with Crippen LogP contribution in [0.4, 0.5) is 5.69 Å². The third-order valence-electron chi connectivity index (χ3n) is 3.57.